The minimum absolute atomic E-state index is 0.0819. The number of nitrogens with two attached hydrogens (primary N) is 1. The minimum Gasteiger partial charge on any atom is -0.368 e. The van der Waals surface area contributed by atoms with Gasteiger partial charge in [-0.2, -0.15) is 0 Å². The maximum Gasteiger partial charge on any atom is 0.235 e. The second kappa shape index (κ2) is 7.94. The fourth-order valence-corrected chi connectivity index (χ4v) is 3.26. The van der Waals surface area contributed by atoms with E-state index >= 15 is 0 Å². The van der Waals surface area contributed by atoms with Crippen LogP contribution < -0.4 is 11.1 Å². The van der Waals surface area contributed by atoms with E-state index in [0.717, 1.165) is 17.5 Å². The van der Waals surface area contributed by atoms with Crippen LogP contribution in [0.5, 0.6) is 0 Å². The third-order valence-corrected chi connectivity index (χ3v) is 4.60. The number of fused-ring (bicyclic) bond motifs is 1. The summed E-state index contributed by atoms with van der Waals surface area (Å²) in [6, 6.07) is 17.6. The average Bonchev–Trinajstić information content (AvgIpc) is 2.62. The maximum absolute atomic E-state index is 12.3. The van der Waals surface area contributed by atoms with E-state index in [1.54, 1.807) is 0 Å². The third-order valence-electron chi connectivity index (χ3n) is 4.60. The van der Waals surface area contributed by atoms with Gasteiger partial charge in [-0.25, -0.2) is 0 Å². The van der Waals surface area contributed by atoms with Crippen molar-refractivity contribution in [2.45, 2.75) is 25.4 Å². The number of nitrogens with zero attached hydrogens (tertiary/aromatic N) is 1. The van der Waals surface area contributed by atoms with Gasteiger partial charge in [0.1, 0.15) is 0 Å². The molecule has 1 atom stereocenters. The van der Waals surface area contributed by atoms with Crippen molar-refractivity contribution in [2.75, 3.05) is 13.1 Å². The van der Waals surface area contributed by atoms with Crippen molar-refractivity contribution in [3.63, 3.8) is 0 Å². The Morgan fingerprint density at radius 3 is 2.44 bits per heavy atom. The van der Waals surface area contributed by atoms with Crippen LogP contribution in [0.4, 0.5) is 0 Å². The molecule has 5 heteroatoms. The molecule has 1 heterocycles. The highest BCUT2D eigenvalue weighted by atomic mass is 16.2. The summed E-state index contributed by atoms with van der Waals surface area (Å²) in [5, 5.41) is 2.93. The first-order valence-electron chi connectivity index (χ1n) is 8.54. The van der Waals surface area contributed by atoms with Crippen LogP contribution in [0.1, 0.15) is 16.7 Å². The lowest BCUT2D eigenvalue weighted by molar-refractivity contribution is -0.127. The second-order valence-corrected chi connectivity index (χ2v) is 6.38. The number of primary amides is 1. The molecule has 0 saturated carbocycles. The number of amides is 2. The predicted octanol–water partition coefficient (Wildman–Crippen LogP) is 1.26. The summed E-state index contributed by atoms with van der Waals surface area (Å²) in [5.74, 6) is -0.465. The van der Waals surface area contributed by atoms with E-state index in [-0.39, 0.29) is 18.4 Å². The molecule has 0 radical (unpaired) electrons. The van der Waals surface area contributed by atoms with E-state index in [2.05, 4.69) is 5.32 Å². The largest absolute Gasteiger partial charge is 0.368 e. The van der Waals surface area contributed by atoms with Crippen LogP contribution in [0.15, 0.2) is 54.6 Å². The van der Waals surface area contributed by atoms with Crippen LogP contribution in [0.3, 0.4) is 0 Å². The molecule has 0 saturated heterocycles. The van der Waals surface area contributed by atoms with E-state index in [0.29, 0.717) is 19.5 Å². The quantitative estimate of drug-likeness (QED) is 0.833. The molecule has 0 unspecified atom stereocenters. The van der Waals surface area contributed by atoms with Crippen LogP contribution in [0, 0.1) is 0 Å². The number of carbonyl (C=O) groups is 2. The molecule has 0 bridgehead atoms. The number of hydrogen-bond acceptors (Lipinski definition) is 3. The van der Waals surface area contributed by atoms with E-state index in [1.165, 1.54) is 5.56 Å². The lowest BCUT2D eigenvalue weighted by Gasteiger charge is -2.34. The molecular formula is C20H23N3O2. The van der Waals surface area contributed by atoms with Gasteiger partial charge in [0, 0.05) is 13.1 Å². The standard InChI is InChI=1S/C20H23N3O2/c21-20(25)18-12-16-8-4-5-9-17(16)13-23(18)14-19(24)22-11-10-15-6-2-1-3-7-15/h1-9,18H,10-14H2,(H2,21,25)(H,22,24)/t18-/m1/s1. The molecular weight excluding hydrogens is 314 g/mol. The van der Waals surface area contributed by atoms with Crippen LogP contribution in [-0.2, 0) is 29.0 Å². The Kier molecular flexibility index (Phi) is 5.46. The Balaban J connectivity index is 1.56. The highest BCUT2D eigenvalue weighted by Gasteiger charge is 2.30. The SMILES string of the molecule is NC(=O)[C@H]1Cc2ccccc2CN1CC(=O)NCCc1ccccc1. The van der Waals surface area contributed by atoms with Crippen LogP contribution in [-0.4, -0.2) is 35.8 Å². The Morgan fingerprint density at radius 1 is 1.04 bits per heavy atom. The first kappa shape index (κ1) is 17.2. The van der Waals surface area contributed by atoms with Gasteiger partial charge in [0.15, 0.2) is 0 Å². The van der Waals surface area contributed by atoms with Gasteiger partial charge >= 0.3 is 0 Å². The van der Waals surface area contributed by atoms with Crippen molar-refractivity contribution in [1.82, 2.24) is 10.2 Å². The van der Waals surface area contributed by atoms with Gasteiger partial charge < -0.3 is 11.1 Å². The van der Waals surface area contributed by atoms with Gasteiger partial charge in [-0.1, -0.05) is 54.6 Å². The molecule has 130 valence electrons. The van der Waals surface area contributed by atoms with Crippen LogP contribution in [0.25, 0.3) is 0 Å². The number of rotatable bonds is 6. The fraction of sp³-hybridized carbons (Fsp3) is 0.300. The zero-order valence-electron chi connectivity index (χ0n) is 14.2. The number of benzene rings is 2. The smallest absolute Gasteiger partial charge is 0.235 e. The summed E-state index contributed by atoms with van der Waals surface area (Å²) in [6.07, 6.45) is 1.34. The number of nitrogens with one attached hydrogen (secondary N) is 1. The number of carbonyl (C=O) groups excluding carboxylic acids is 2. The zero-order valence-corrected chi connectivity index (χ0v) is 14.2. The minimum atomic E-state index is -0.435. The van der Waals surface area contributed by atoms with Crippen molar-refractivity contribution >= 4 is 11.8 Å². The second-order valence-electron chi connectivity index (χ2n) is 6.38. The fourth-order valence-electron chi connectivity index (χ4n) is 3.26. The third kappa shape index (κ3) is 4.45. The summed E-state index contributed by atoms with van der Waals surface area (Å²) >= 11 is 0. The monoisotopic (exact) mass is 337 g/mol. The molecule has 0 fully saturated rings. The normalized spacial score (nSPS) is 16.9. The first-order chi connectivity index (χ1) is 12.1. The van der Waals surface area contributed by atoms with Crippen LogP contribution >= 0.6 is 0 Å². The molecule has 2 aromatic rings. The summed E-state index contributed by atoms with van der Waals surface area (Å²) in [7, 11) is 0. The van der Waals surface area contributed by atoms with Crippen molar-refractivity contribution in [1.29, 1.82) is 0 Å². The molecule has 0 spiro atoms. The average molecular weight is 337 g/mol. The Bertz CT molecular complexity index is 746. The highest BCUT2D eigenvalue weighted by molar-refractivity contribution is 5.83. The summed E-state index contributed by atoms with van der Waals surface area (Å²) in [5.41, 5.74) is 9.02. The van der Waals surface area contributed by atoms with Gasteiger partial charge in [-0.15, -0.1) is 0 Å². The first-order valence-corrected chi connectivity index (χ1v) is 8.54. The lowest BCUT2D eigenvalue weighted by atomic mass is 9.93. The lowest BCUT2D eigenvalue weighted by Crippen LogP contribution is -2.51. The molecule has 0 aliphatic carbocycles. The van der Waals surface area contributed by atoms with Crippen molar-refractivity contribution < 1.29 is 9.59 Å². The summed E-state index contributed by atoms with van der Waals surface area (Å²) in [6.45, 7) is 1.32. The van der Waals surface area contributed by atoms with Crippen molar-refractivity contribution in [3.05, 3.63) is 71.3 Å². The maximum atomic E-state index is 12.3. The number of hydrogen-bond donors (Lipinski definition) is 2. The molecule has 2 aromatic carbocycles. The van der Waals surface area contributed by atoms with Gasteiger partial charge in [0.25, 0.3) is 0 Å². The van der Waals surface area contributed by atoms with Gasteiger partial charge in [-0.05, 0) is 29.5 Å². The Morgan fingerprint density at radius 2 is 1.72 bits per heavy atom. The van der Waals surface area contributed by atoms with E-state index in [1.807, 2.05) is 59.5 Å². The molecule has 5 nitrogen and oxygen atoms in total. The van der Waals surface area contributed by atoms with E-state index in [4.69, 9.17) is 5.73 Å². The molecule has 2 amide bonds. The molecule has 0 aromatic heterocycles. The summed E-state index contributed by atoms with van der Waals surface area (Å²) < 4.78 is 0. The van der Waals surface area contributed by atoms with Crippen molar-refractivity contribution in [3.8, 4) is 0 Å². The van der Waals surface area contributed by atoms with E-state index in [9.17, 15) is 9.59 Å². The molecule has 1 aliphatic rings. The van der Waals surface area contributed by atoms with Gasteiger partial charge in [0.05, 0.1) is 12.6 Å². The molecule has 1 aliphatic heterocycles. The molecule has 3 rings (SSSR count). The predicted molar refractivity (Wildman–Crippen MR) is 96.7 cm³/mol. The molecule has 3 N–H and O–H groups in total. The van der Waals surface area contributed by atoms with Gasteiger partial charge in [0.2, 0.25) is 11.8 Å². The summed E-state index contributed by atoms with van der Waals surface area (Å²) in [4.78, 5) is 25.9. The van der Waals surface area contributed by atoms with E-state index < -0.39 is 6.04 Å². The van der Waals surface area contributed by atoms with Gasteiger partial charge in [-0.3, -0.25) is 14.5 Å². The highest BCUT2D eigenvalue weighted by Crippen LogP contribution is 2.22. The van der Waals surface area contributed by atoms with Crippen molar-refractivity contribution in [2.24, 2.45) is 5.73 Å². The van der Waals surface area contributed by atoms with Crippen LogP contribution in [0.2, 0.25) is 0 Å². The Hall–Kier alpha value is -2.66. The topological polar surface area (TPSA) is 75.4 Å². The molecule has 25 heavy (non-hydrogen) atoms. The zero-order chi connectivity index (χ0) is 17.6. The Labute approximate surface area is 147 Å².